The predicted molar refractivity (Wildman–Crippen MR) is 202 cm³/mol. The van der Waals surface area contributed by atoms with Crippen molar-refractivity contribution >= 4 is 33.3 Å². The van der Waals surface area contributed by atoms with Gasteiger partial charge in [-0.1, -0.05) is 102 Å². The van der Waals surface area contributed by atoms with Crippen LogP contribution in [0.15, 0.2) is 103 Å². The number of hydrogen-bond acceptors (Lipinski definition) is 2. The van der Waals surface area contributed by atoms with Gasteiger partial charge in [0.15, 0.2) is 0 Å². The summed E-state index contributed by atoms with van der Waals surface area (Å²) in [7, 11) is 0. The molecule has 1 saturated carbocycles. The average Bonchev–Trinajstić information content (AvgIpc) is 3.58. The third-order valence-electron chi connectivity index (χ3n) is 12.8. The zero-order chi connectivity index (χ0) is 36.5. The second-order valence-electron chi connectivity index (χ2n) is 16.3. The highest BCUT2D eigenvalue weighted by Crippen LogP contribution is 2.60. The summed E-state index contributed by atoms with van der Waals surface area (Å²) in [5.74, 6) is 0.990. The maximum atomic E-state index is 9.25. The monoisotopic (exact) mass is 633 g/mol. The molecule has 1 fully saturated rings. The number of benzene rings is 4. The molecule has 0 N–H and O–H groups in total. The van der Waals surface area contributed by atoms with Gasteiger partial charge in [0.25, 0.3) is 0 Å². The van der Waals surface area contributed by atoms with E-state index < -0.39 is 0 Å². The molecule has 2 unspecified atom stereocenters. The molecule has 3 heterocycles. The summed E-state index contributed by atoms with van der Waals surface area (Å²) in [5, 5.41) is 1.36. The molecule has 9 rings (SSSR count). The lowest BCUT2D eigenvalue weighted by atomic mass is 9.61. The van der Waals surface area contributed by atoms with Crippen LogP contribution in [0.2, 0.25) is 0 Å². The van der Waals surface area contributed by atoms with Crippen molar-refractivity contribution in [3.05, 3.63) is 120 Å². The fourth-order valence-electron chi connectivity index (χ4n) is 9.82. The molecule has 2 aliphatic carbocycles. The minimum atomic E-state index is -0.220. The lowest BCUT2D eigenvalue weighted by Gasteiger charge is -2.50. The van der Waals surface area contributed by atoms with Gasteiger partial charge in [-0.2, -0.15) is 0 Å². The van der Waals surface area contributed by atoms with Crippen molar-refractivity contribution in [1.29, 1.82) is 0 Å². The van der Waals surface area contributed by atoms with Gasteiger partial charge < -0.3 is 9.47 Å². The largest absolute Gasteiger partial charge is 0.319 e. The lowest BCUT2D eigenvalue weighted by molar-refractivity contribution is 0.195. The number of hydrogen-bond donors (Lipinski definition) is 0. The fourth-order valence-corrected chi connectivity index (χ4v) is 9.82. The highest BCUT2D eigenvalue weighted by Gasteiger charge is 2.58. The van der Waals surface area contributed by atoms with Crippen LogP contribution in [0.5, 0.6) is 0 Å². The fraction of sp³-hybridized carbons (Fsp3) is 0.356. The molecule has 3 nitrogen and oxygen atoms in total. The van der Waals surface area contributed by atoms with Crippen molar-refractivity contribution in [2.75, 3.05) is 4.90 Å². The third-order valence-corrected chi connectivity index (χ3v) is 12.8. The van der Waals surface area contributed by atoms with Crippen LogP contribution in [0.1, 0.15) is 102 Å². The second-order valence-corrected chi connectivity index (χ2v) is 16.3. The van der Waals surface area contributed by atoms with Crippen molar-refractivity contribution in [3.63, 3.8) is 0 Å². The van der Waals surface area contributed by atoms with E-state index in [9.17, 15) is 2.74 Å². The third kappa shape index (κ3) is 3.97. The summed E-state index contributed by atoms with van der Waals surface area (Å²) in [5.41, 5.74) is 9.54. The Morgan fingerprint density at radius 2 is 1.44 bits per heavy atom. The molecule has 0 saturated heterocycles. The van der Waals surface area contributed by atoms with Crippen molar-refractivity contribution in [2.24, 2.45) is 0 Å². The zero-order valence-corrected chi connectivity index (χ0v) is 29.1. The van der Waals surface area contributed by atoms with Gasteiger partial charge in [-0.3, -0.25) is 0 Å². The Morgan fingerprint density at radius 1 is 0.667 bits per heavy atom. The summed E-state index contributed by atoms with van der Waals surface area (Å²) in [4.78, 5) is 7.40. The van der Waals surface area contributed by atoms with Gasteiger partial charge in [0.05, 0.1) is 22.1 Å². The number of rotatable bonds is 3. The maximum absolute atomic E-state index is 9.25. The van der Waals surface area contributed by atoms with Crippen LogP contribution in [0, 0.1) is 0 Å². The Hall–Kier alpha value is -4.37. The second kappa shape index (κ2) is 10.1. The molecule has 0 radical (unpaired) electrons. The number of fused-ring (bicyclic) bond motifs is 7. The van der Waals surface area contributed by atoms with Gasteiger partial charge >= 0.3 is 0 Å². The molecule has 48 heavy (non-hydrogen) atoms. The van der Waals surface area contributed by atoms with Crippen LogP contribution in [0.4, 0.5) is 11.5 Å². The van der Waals surface area contributed by atoms with E-state index in [0.717, 1.165) is 65.8 Å². The molecular weight excluding hydrogens is 583 g/mol. The molecule has 0 amide bonds. The molecule has 0 spiro atoms. The molecule has 6 aromatic rings. The quantitative estimate of drug-likeness (QED) is 0.193. The van der Waals surface area contributed by atoms with Gasteiger partial charge in [0.2, 0.25) is 0 Å². The van der Waals surface area contributed by atoms with Gasteiger partial charge in [-0.15, -0.1) is 0 Å². The molecule has 3 aliphatic rings. The number of para-hydroxylation sites is 1. The molecule has 4 aromatic carbocycles. The Balaban J connectivity index is 1.30. The Kier molecular flexibility index (Phi) is 5.38. The first kappa shape index (κ1) is 25.6. The van der Waals surface area contributed by atoms with Crippen LogP contribution in [-0.2, 0) is 16.2 Å². The first-order valence-electron chi connectivity index (χ1n) is 19.7. The van der Waals surface area contributed by atoms with E-state index in [2.05, 4.69) is 124 Å². The van der Waals surface area contributed by atoms with E-state index in [0.29, 0.717) is 10.9 Å². The van der Waals surface area contributed by atoms with Crippen LogP contribution in [-0.4, -0.2) is 15.1 Å². The maximum Gasteiger partial charge on any atom is 0.137 e. The summed E-state index contributed by atoms with van der Waals surface area (Å²) in [6, 6.07) is 25.5. The topological polar surface area (TPSA) is 21.1 Å². The van der Waals surface area contributed by atoms with Crippen molar-refractivity contribution in [1.82, 2.24) is 9.55 Å². The van der Waals surface area contributed by atoms with Crippen molar-refractivity contribution in [2.45, 2.75) is 102 Å². The van der Waals surface area contributed by atoms with Crippen molar-refractivity contribution in [3.8, 4) is 16.8 Å². The first-order chi connectivity index (χ1) is 24.7. The Bertz CT molecular complexity index is 2480. The number of pyridine rings is 1. The average molecular weight is 634 g/mol. The van der Waals surface area contributed by atoms with Crippen LogP contribution in [0.25, 0.3) is 38.6 Å². The molecule has 3 heteroatoms. The SMILES string of the molecule is [2H]c1c([2H])c([2H])c2c(c1[2H])c1cc(N3c4ncccc4C4(C)CCCCC34C)ccc1n2-c1cccc(-c2cccc3c2C(C)(C)CCC3(C)C)c1. The molecule has 2 aromatic heterocycles. The van der Waals surface area contributed by atoms with Gasteiger partial charge in [0, 0.05) is 39.3 Å². The minimum absolute atomic E-state index is 0.0113. The molecule has 1 aliphatic heterocycles. The highest BCUT2D eigenvalue weighted by atomic mass is 15.3. The summed E-state index contributed by atoms with van der Waals surface area (Å²) < 4.78 is 38.0. The van der Waals surface area contributed by atoms with Gasteiger partial charge in [-0.25, -0.2) is 4.98 Å². The number of aromatic nitrogens is 2. The smallest absolute Gasteiger partial charge is 0.137 e. The summed E-state index contributed by atoms with van der Waals surface area (Å²) >= 11 is 0. The molecule has 2 atom stereocenters. The Labute approximate surface area is 291 Å². The highest BCUT2D eigenvalue weighted by molar-refractivity contribution is 6.10. The zero-order valence-electron chi connectivity index (χ0n) is 33.1. The van der Waals surface area contributed by atoms with E-state index >= 15 is 0 Å². The first-order valence-corrected chi connectivity index (χ1v) is 17.7. The van der Waals surface area contributed by atoms with Crippen molar-refractivity contribution < 1.29 is 5.48 Å². The summed E-state index contributed by atoms with van der Waals surface area (Å²) in [6.07, 6.45) is 8.64. The summed E-state index contributed by atoms with van der Waals surface area (Å²) in [6.45, 7) is 14.2. The molecular formula is C45H47N3. The minimum Gasteiger partial charge on any atom is -0.319 e. The van der Waals surface area contributed by atoms with Crippen LogP contribution in [0.3, 0.4) is 0 Å². The number of anilines is 2. The number of nitrogens with zero attached hydrogens (tertiary/aromatic N) is 3. The van der Waals surface area contributed by atoms with Crippen LogP contribution < -0.4 is 4.90 Å². The van der Waals surface area contributed by atoms with Gasteiger partial charge in [0.1, 0.15) is 5.82 Å². The lowest BCUT2D eigenvalue weighted by Crippen LogP contribution is -2.54. The molecule has 242 valence electrons. The van der Waals surface area contributed by atoms with Gasteiger partial charge in [-0.05, 0) is 108 Å². The van der Waals surface area contributed by atoms with E-state index in [4.69, 9.17) is 7.73 Å². The van der Waals surface area contributed by atoms with E-state index in [-0.39, 0.29) is 46.0 Å². The van der Waals surface area contributed by atoms with E-state index in [1.54, 1.807) is 0 Å². The van der Waals surface area contributed by atoms with Crippen LogP contribution >= 0.6 is 0 Å². The van der Waals surface area contributed by atoms with E-state index in [1.165, 1.54) is 28.7 Å². The standard InChI is InChI=1S/C45H47N3/c1-42(2)25-26-43(3,4)40-33(17-12-18-36(40)42)30-14-11-15-31(28-30)47-38-20-8-7-16-34(38)35-29-32(21-22-39(35)47)48-41-37(19-13-27-46-41)44(5)23-9-10-24-45(44,48)6/h7-8,11-22,27-29H,9-10,23-26H2,1-6H3/i7D,8D,16D,20D. The predicted octanol–water partition coefficient (Wildman–Crippen LogP) is 11.9. The van der Waals surface area contributed by atoms with E-state index in [1.807, 2.05) is 6.20 Å². The Morgan fingerprint density at radius 3 is 2.31 bits per heavy atom. The normalized spacial score (nSPS) is 25.2. The molecule has 0 bridgehead atoms.